The van der Waals surface area contributed by atoms with Crippen LogP contribution in [0, 0.1) is 10.1 Å². The van der Waals surface area contributed by atoms with Crippen LogP contribution in [0.1, 0.15) is 5.56 Å². The molecule has 0 atom stereocenters. The molecule has 9 heteroatoms. The predicted octanol–water partition coefficient (Wildman–Crippen LogP) is 0.487. The van der Waals surface area contributed by atoms with Crippen molar-refractivity contribution >= 4 is 17.7 Å². The van der Waals surface area contributed by atoms with Crippen LogP contribution in [0.25, 0.3) is 0 Å². The summed E-state index contributed by atoms with van der Waals surface area (Å²) in [5, 5.41) is 23.6. The third kappa shape index (κ3) is 4.80. The van der Waals surface area contributed by atoms with Gasteiger partial charge in [0, 0.05) is 12.6 Å². The summed E-state index contributed by atoms with van der Waals surface area (Å²) in [6.45, 7) is -0.506. The van der Waals surface area contributed by atoms with E-state index < -0.39 is 23.5 Å². The highest BCUT2D eigenvalue weighted by molar-refractivity contribution is 5.79. The van der Waals surface area contributed by atoms with Crippen molar-refractivity contribution in [1.29, 1.82) is 0 Å². The summed E-state index contributed by atoms with van der Waals surface area (Å²) in [6, 6.07) is 3.40. The Kier molecular flexibility index (Phi) is 5.27. The monoisotopic (exact) mass is 283 g/mol. The first-order valence-electron chi connectivity index (χ1n) is 5.48. The van der Waals surface area contributed by atoms with E-state index in [1.54, 1.807) is 0 Å². The lowest BCUT2D eigenvalue weighted by Gasteiger charge is -2.07. The Morgan fingerprint density at radius 2 is 2.05 bits per heavy atom. The molecule has 0 radical (unpaired) electrons. The van der Waals surface area contributed by atoms with Gasteiger partial charge in [0.1, 0.15) is 12.3 Å². The summed E-state index contributed by atoms with van der Waals surface area (Å²) < 4.78 is 4.92. The SMILES string of the molecule is COc1cc(CNC(=O)NCC(=O)O)cc([N+](=O)[O-])c1. The van der Waals surface area contributed by atoms with Gasteiger partial charge in [-0.05, 0) is 11.6 Å². The Bertz CT molecular complexity index is 531. The predicted molar refractivity (Wildman–Crippen MR) is 67.5 cm³/mol. The molecule has 0 unspecified atom stereocenters. The topological polar surface area (TPSA) is 131 Å². The van der Waals surface area contributed by atoms with Crippen molar-refractivity contribution in [3.63, 3.8) is 0 Å². The largest absolute Gasteiger partial charge is 0.496 e. The van der Waals surface area contributed by atoms with Gasteiger partial charge in [-0.2, -0.15) is 0 Å². The molecular weight excluding hydrogens is 270 g/mol. The molecule has 0 spiro atoms. The fourth-order valence-electron chi connectivity index (χ4n) is 1.37. The van der Waals surface area contributed by atoms with Gasteiger partial charge in [0.2, 0.25) is 0 Å². The van der Waals surface area contributed by atoms with Crippen LogP contribution in [-0.4, -0.2) is 35.7 Å². The standard InChI is InChI=1S/C11H13N3O6/c1-20-9-3-7(2-8(4-9)14(18)19)5-12-11(17)13-6-10(15)16/h2-4H,5-6H2,1H3,(H,15,16)(H2,12,13,17). The van der Waals surface area contributed by atoms with E-state index in [1.807, 2.05) is 0 Å². The second kappa shape index (κ2) is 6.92. The number of methoxy groups -OCH3 is 1. The summed E-state index contributed by atoms with van der Waals surface area (Å²) >= 11 is 0. The number of non-ortho nitro benzene ring substituents is 1. The van der Waals surface area contributed by atoms with E-state index in [2.05, 4.69) is 10.6 Å². The number of carbonyl (C=O) groups is 2. The molecule has 0 bridgehead atoms. The van der Waals surface area contributed by atoms with Crippen LogP contribution >= 0.6 is 0 Å². The Morgan fingerprint density at radius 1 is 1.35 bits per heavy atom. The first kappa shape index (κ1) is 15.2. The minimum atomic E-state index is -1.17. The Balaban J connectivity index is 2.67. The zero-order valence-electron chi connectivity index (χ0n) is 10.6. The van der Waals surface area contributed by atoms with Crippen molar-refractivity contribution in [2.75, 3.05) is 13.7 Å². The van der Waals surface area contributed by atoms with Crippen LogP contribution in [0.5, 0.6) is 5.75 Å². The number of aliphatic carboxylic acids is 1. The Labute approximate surface area is 113 Å². The van der Waals surface area contributed by atoms with Gasteiger partial charge in [-0.3, -0.25) is 14.9 Å². The molecule has 3 N–H and O–H groups in total. The second-order valence-electron chi connectivity index (χ2n) is 3.73. The van der Waals surface area contributed by atoms with Gasteiger partial charge < -0.3 is 20.5 Å². The normalized spacial score (nSPS) is 9.65. The third-order valence-corrected chi connectivity index (χ3v) is 2.25. The number of urea groups is 1. The number of hydrogen-bond donors (Lipinski definition) is 3. The molecule has 9 nitrogen and oxygen atoms in total. The number of carboxylic acid groups (broad SMARTS) is 1. The molecule has 0 aliphatic rings. The summed E-state index contributed by atoms with van der Waals surface area (Å²) in [5.41, 5.74) is 0.300. The highest BCUT2D eigenvalue weighted by Gasteiger charge is 2.11. The van der Waals surface area contributed by atoms with Crippen LogP contribution in [0.15, 0.2) is 18.2 Å². The number of benzene rings is 1. The van der Waals surface area contributed by atoms with E-state index in [0.717, 1.165) is 0 Å². The zero-order valence-corrected chi connectivity index (χ0v) is 10.6. The fraction of sp³-hybridized carbons (Fsp3) is 0.273. The number of ether oxygens (including phenoxy) is 1. The van der Waals surface area contributed by atoms with Crippen molar-refractivity contribution < 1.29 is 24.4 Å². The third-order valence-electron chi connectivity index (χ3n) is 2.25. The lowest BCUT2D eigenvalue weighted by atomic mass is 10.2. The molecule has 1 aromatic carbocycles. The van der Waals surface area contributed by atoms with Crippen LogP contribution in [0.4, 0.5) is 10.5 Å². The van der Waals surface area contributed by atoms with E-state index in [4.69, 9.17) is 9.84 Å². The molecular formula is C11H13N3O6. The summed E-state index contributed by atoms with van der Waals surface area (Å²) in [7, 11) is 1.37. The van der Waals surface area contributed by atoms with Crippen LogP contribution in [-0.2, 0) is 11.3 Å². The molecule has 2 amide bonds. The Morgan fingerprint density at radius 3 is 2.60 bits per heavy atom. The van der Waals surface area contributed by atoms with E-state index in [9.17, 15) is 19.7 Å². The number of nitrogens with one attached hydrogen (secondary N) is 2. The minimum Gasteiger partial charge on any atom is -0.496 e. The molecule has 0 aliphatic heterocycles. The number of nitro benzene ring substituents is 1. The highest BCUT2D eigenvalue weighted by atomic mass is 16.6. The van der Waals surface area contributed by atoms with Gasteiger partial charge in [0.25, 0.3) is 5.69 Å². The van der Waals surface area contributed by atoms with Crippen molar-refractivity contribution in [1.82, 2.24) is 10.6 Å². The van der Waals surface area contributed by atoms with Crippen LogP contribution in [0.2, 0.25) is 0 Å². The molecule has 0 aromatic heterocycles. The molecule has 0 saturated heterocycles. The fourth-order valence-corrected chi connectivity index (χ4v) is 1.37. The first-order valence-corrected chi connectivity index (χ1v) is 5.48. The van der Waals surface area contributed by atoms with Gasteiger partial charge >= 0.3 is 12.0 Å². The molecule has 1 aromatic rings. The number of amides is 2. The number of nitro groups is 1. The smallest absolute Gasteiger partial charge is 0.323 e. The van der Waals surface area contributed by atoms with Crippen LogP contribution < -0.4 is 15.4 Å². The van der Waals surface area contributed by atoms with Gasteiger partial charge in [-0.1, -0.05) is 0 Å². The molecule has 0 aliphatic carbocycles. The summed E-state index contributed by atoms with van der Waals surface area (Å²) in [4.78, 5) is 31.6. The summed E-state index contributed by atoms with van der Waals surface area (Å²) in [5.74, 6) is -0.876. The average Bonchev–Trinajstić information content (AvgIpc) is 2.42. The number of carbonyl (C=O) groups excluding carboxylic acids is 1. The average molecular weight is 283 g/mol. The lowest BCUT2D eigenvalue weighted by Crippen LogP contribution is -2.38. The van der Waals surface area contributed by atoms with E-state index >= 15 is 0 Å². The maximum atomic E-state index is 11.2. The molecule has 108 valence electrons. The zero-order chi connectivity index (χ0) is 15.1. The maximum absolute atomic E-state index is 11.2. The van der Waals surface area contributed by atoms with Crippen molar-refractivity contribution in [2.45, 2.75) is 6.54 Å². The van der Waals surface area contributed by atoms with E-state index in [-0.39, 0.29) is 12.2 Å². The summed E-state index contributed by atoms with van der Waals surface area (Å²) in [6.07, 6.45) is 0. The first-order chi connectivity index (χ1) is 9.42. The quantitative estimate of drug-likeness (QED) is 0.514. The van der Waals surface area contributed by atoms with Gasteiger partial charge in [-0.15, -0.1) is 0 Å². The van der Waals surface area contributed by atoms with Crippen LogP contribution in [0.3, 0.4) is 0 Å². The van der Waals surface area contributed by atoms with E-state index in [0.29, 0.717) is 11.3 Å². The van der Waals surface area contributed by atoms with Gasteiger partial charge in [0.05, 0.1) is 18.1 Å². The molecule has 1 rings (SSSR count). The van der Waals surface area contributed by atoms with Gasteiger partial charge in [0.15, 0.2) is 0 Å². The lowest BCUT2D eigenvalue weighted by molar-refractivity contribution is -0.385. The van der Waals surface area contributed by atoms with Crippen molar-refractivity contribution in [3.05, 3.63) is 33.9 Å². The molecule has 20 heavy (non-hydrogen) atoms. The molecule has 0 heterocycles. The van der Waals surface area contributed by atoms with Crippen molar-refractivity contribution in [3.8, 4) is 5.75 Å². The second-order valence-corrected chi connectivity index (χ2v) is 3.73. The number of carboxylic acids is 1. The number of hydrogen-bond acceptors (Lipinski definition) is 5. The minimum absolute atomic E-state index is 0.00346. The Hall–Kier alpha value is -2.84. The number of rotatable bonds is 6. The van der Waals surface area contributed by atoms with Crippen molar-refractivity contribution in [2.24, 2.45) is 0 Å². The molecule has 0 fully saturated rings. The maximum Gasteiger partial charge on any atom is 0.323 e. The highest BCUT2D eigenvalue weighted by Crippen LogP contribution is 2.22. The van der Waals surface area contributed by atoms with E-state index in [1.165, 1.54) is 25.3 Å². The van der Waals surface area contributed by atoms with Gasteiger partial charge in [-0.25, -0.2) is 4.79 Å². The number of nitrogens with zero attached hydrogens (tertiary/aromatic N) is 1. The molecule has 0 saturated carbocycles.